The monoisotopic (exact) mass is 469 g/mol. The maximum atomic E-state index is 14.7. The van der Waals surface area contributed by atoms with E-state index in [0.717, 1.165) is 11.1 Å². The normalized spacial score (nSPS) is 32.2. The van der Waals surface area contributed by atoms with Crippen molar-refractivity contribution in [3.63, 3.8) is 0 Å². The van der Waals surface area contributed by atoms with Gasteiger partial charge in [-0.2, -0.15) is 17.6 Å². The molecule has 170 valence electrons. The molecule has 6 rings (SSSR count). The van der Waals surface area contributed by atoms with Crippen LogP contribution in [0.4, 0.5) is 17.6 Å². The lowest BCUT2D eigenvalue weighted by Crippen LogP contribution is -2.55. The van der Waals surface area contributed by atoms with Gasteiger partial charge in [0.2, 0.25) is 5.79 Å². The first-order valence-corrected chi connectivity index (χ1v) is 11.7. The summed E-state index contributed by atoms with van der Waals surface area (Å²) in [7, 11) is -6.54. The number of benzene rings is 2. The molecule has 5 unspecified atom stereocenters. The molecular formula is C22H17F4O5S-. The first-order chi connectivity index (χ1) is 15.0. The molecular weight excluding hydrogens is 452 g/mol. The first-order valence-electron chi connectivity index (χ1n) is 10.2. The summed E-state index contributed by atoms with van der Waals surface area (Å²) in [5, 5.41) is -5.70. The Hall–Kier alpha value is -2.01. The zero-order valence-electron chi connectivity index (χ0n) is 16.4. The highest BCUT2D eigenvalue weighted by Gasteiger charge is 2.74. The lowest BCUT2D eigenvalue weighted by molar-refractivity contribution is -0.212. The number of hydrogen-bond acceptors (Lipinski definition) is 5. The van der Waals surface area contributed by atoms with Crippen LogP contribution in [-0.2, 0) is 25.4 Å². The maximum absolute atomic E-state index is 14.7. The summed E-state index contributed by atoms with van der Waals surface area (Å²) < 4.78 is 103. The van der Waals surface area contributed by atoms with E-state index in [1.165, 1.54) is 0 Å². The maximum Gasteiger partial charge on any atom is 0.396 e. The molecule has 0 radical (unpaired) electrons. The Bertz CT molecular complexity index is 1180. The van der Waals surface area contributed by atoms with Crippen LogP contribution in [0.15, 0.2) is 48.5 Å². The van der Waals surface area contributed by atoms with Crippen LogP contribution in [-0.4, -0.2) is 36.4 Å². The standard InChI is InChI=1S/C22H18F4O5S/c23-21(24,22(25,26)32(27,28)29)17-10-11-9-14(17)19-18(11)30-20(31-19)15-7-3-1-5-12(15)13-6-2-4-8-16(13)20/h1-8,11,14,17-19H,9-10H2,(H,27,28,29)/p-1. The van der Waals surface area contributed by atoms with E-state index in [1.807, 2.05) is 36.4 Å². The van der Waals surface area contributed by atoms with Gasteiger partial charge in [0, 0.05) is 17.0 Å². The van der Waals surface area contributed by atoms with E-state index < -0.39 is 57.0 Å². The van der Waals surface area contributed by atoms with Gasteiger partial charge in [-0.15, -0.1) is 0 Å². The van der Waals surface area contributed by atoms with Gasteiger partial charge in [-0.1, -0.05) is 48.5 Å². The van der Waals surface area contributed by atoms with E-state index in [9.17, 15) is 30.5 Å². The molecule has 2 bridgehead atoms. The van der Waals surface area contributed by atoms with Crippen molar-refractivity contribution in [3.8, 4) is 11.1 Å². The average molecular weight is 469 g/mol. The Labute approximate surface area is 181 Å². The Morgan fingerprint density at radius 2 is 1.41 bits per heavy atom. The highest BCUT2D eigenvalue weighted by atomic mass is 32.2. The van der Waals surface area contributed by atoms with Crippen molar-refractivity contribution in [2.24, 2.45) is 17.8 Å². The van der Waals surface area contributed by atoms with Crippen LogP contribution < -0.4 is 0 Å². The van der Waals surface area contributed by atoms with Gasteiger partial charge < -0.3 is 14.0 Å². The van der Waals surface area contributed by atoms with Crippen molar-refractivity contribution in [1.82, 2.24) is 0 Å². The molecule has 1 aliphatic heterocycles. The van der Waals surface area contributed by atoms with Gasteiger partial charge in [0.25, 0.3) is 0 Å². The summed E-state index contributed by atoms with van der Waals surface area (Å²) in [5.41, 5.74) is 3.18. The van der Waals surface area contributed by atoms with Crippen LogP contribution in [0.1, 0.15) is 24.0 Å². The average Bonchev–Trinajstić information content (AvgIpc) is 3.48. The molecule has 3 aliphatic carbocycles. The number of rotatable bonds is 3. The van der Waals surface area contributed by atoms with Crippen LogP contribution in [0.25, 0.3) is 11.1 Å². The van der Waals surface area contributed by atoms with Crippen LogP contribution in [0.5, 0.6) is 0 Å². The third-order valence-corrected chi connectivity index (χ3v) is 8.38. The van der Waals surface area contributed by atoms with Gasteiger partial charge in [0.15, 0.2) is 10.1 Å². The third-order valence-electron chi connectivity index (χ3n) is 7.48. The molecule has 0 N–H and O–H groups in total. The molecule has 2 aromatic carbocycles. The Morgan fingerprint density at radius 3 is 1.97 bits per heavy atom. The smallest absolute Gasteiger partial charge is 0.396 e. The fourth-order valence-electron chi connectivity index (χ4n) is 6.19. The van der Waals surface area contributed by atoms with Crippen molar-refractivity contribution in [1.29, 1.82) is 0 Å². The molecule has 2 aromatic rings. The predicted octanol–water partition coefficient (Wildman–Crippen LogP) is 4.08. The van der Waals surface area contributed by atoms with E-state index in [-0.39, 0.29) is 12.8 Å². The molecule has 1 spiro atoms. The summed E-state index contributed by atoms with van der Waals surface area (Å²) in [6.07, 6.45) is -1.74. The molecule has 3 fully saturated rings. The fourth-order valence-corrected chi connectivity index (χ4v) is 6.68. The van der Waals surface area contributed by atoms with Crippen LogP contribution >= 0.6 is 0 Å². The Kier molecular flexibility index (Phi) is 3.93. The van der Waals surface area contributed by atoms with Gasteiger partial charge >= 0.3 is 11.2 Å². The first kappa shape index (κ1) is 20.6. The molecule has 0 amide bonds. The number of fused-ring (bicyclic) bond motifs is 10. The van der Waals surface area contributed by atoms with Crippen LogP contribution in [0.3, 0.4) is 0 Å². The van der Waals surface area contributed by atoms with Crippen molar-refractivity contribution in [2.75, 3.05) is 0 Å². The second kappa shape index (κ2) is 6.11. The van der Waals surface area contributed by atoms with E-state index in [0.29, 0.717) is 11.1 Å². The molecule has 1 saturated heterocycles. The summed E-state index contributed by atoms with van der Waals surface area (Å²) in [4.78, 5) is 0. The van der Waals surface area contributed by atoms with Crippen molar-refractivity contribution in [3.05, 3.63) is 59.7 Å². The van der Waals surface area contributed by atoms with Crippen molar-refractivity contribution >= 4 is 10.1 Å². The fraction of sp³-hybridized carbons (Fsp3) is 0.455. The minimum atomic E-state index is -6.54. The largest absolute Gasteiger partial charge is 0.743 e. The second-order valence-corrected chi connectivity index (χ2v) is 10.4. The number of halogens is 4. The van der Waals surface area contributed by atoms with Gasteiger partial charge in [-0.3, -0.25) is 0 Å². The quantitative estimate of drug-likeness (QED) is 0.500. The summed E-state index contributed by atoms with van der Waals surface area (Å²) in [5.74, 6) is -9.92. The summed E-state index contributed by atoms with van der Waals surface area (Å²) in [6.45, 7) is 0. The minimum Gasteiger partial charge on any atom is -0.743 e. The molecule has 1 heterocycles. The number of hydrogen-bond donors (Lipinski definition) is 0. The molecule has 5 atom stereocenters. The minimum absolute atomic E-state index is 0.143. The van der Waals surface area contributed by atoms with E-state index in [2.05, 4.69) is 0 Å². The molecule has 10 heteroatoms. The lowest BCUT2D eigenvalue weighted by Gasteiger charge is -2.38. The Morgan fingerprint density at radius 1 is 0.875 bits per heavy atom. The number of alkyl halides is 4. The molecule has 32 heavy (non-hydrogen) atoms. The lowest BCUT2D eigenvalue weighted by atomic mass is 9.81. The van der Waals surface area contributed by atoms with Gasteiger partial charge in [0.05, 0.1) is 12.2 Å². The highest BCUT2D eigenvalue weighted by Crippen LogP contribution is 2.65. The molecule has 0 aromatic heterocycles. The predicted molar refractivity (Wildman–Crippen MR) is 102 cm³/mol. The van der Waals surface area contributed by atoms with Crippen LogP contribution in [0, 0.1) is 17.8 Å². The van der Waals surface area contributed by atoms with E-state index in [1.54, 1.807) is 12.1 Å². The summed E-state index contributed by atoms with van der Waals surface area (Å²) in [6, 6.07) is 14.8. The zero-order valence-corrected chi connectivity index (χ0v) is 17.2. The van der Waals surface area contributed by atoms with Crippen molar-refractivity contribution in [2.45, 2.75) is 42.0 Å². The van der Waals surface area contributed by atoms with Gasteiger partial charge in [-0.25, -0.2) is 8.42 Å². The summed E-state index contributed by atoms with van der Waals surface area (Å²) >= 11 is 0. The Balaban J connectivity index is 1.40. The van der Waals surface area contributed by atoms with Gasteiger partial charge in [0.1, 0.15) is 0 Å². The highest BCUT2D eigenvalue weighted by molar-refractivity contribution is 7.86. The zero-order chi connectivity index (χ0) is 22.7. The van der Waals surface area contributed by atoms with Gasteiger partial charge in [-0.05, 0) is 35.8 Å². The van der Waals surface area contributed by atoms with E-state index in [4.69, 9.17) is 9.47 Å². The molecule has 4 aliphatic rings. The van der Waals surface area contributed by atoms with Crippen LogP contribution in [0.2, 0.25) is 0 Å². The topological polar surface area (TPSA) is 75.7 Å². The molecule has 2 saturated carbocycles. The third kappa shape index (κ3) is 2.31. The molecule has 5 nitrogen and oxygen atoms in total. The number of ether oxygens (including phenoxy) is 2. The van der Waals surface area contributed by atoms with E-state index >= 15 is 0 Å². The second-order valence-electron chi connectivity index (χ2n) is 8.97. The SMILES string of the molecule is O=S(=O)([O-])C(F)(F)C(F)(F)C1CC2CC1C1OC3(OC21)c1ccccc1-c1ccccc13. The van der Waals surface area contributed by atoms with Crippen molar-refractivity contribution < 1.29 is 40.0 Å².